The van der Waals surface area contributed by atoms with Gasteiger partial charge in [-0.1, -0.05) is 24.3 Å². The summed E-state index contributed by atoms with van der Waals surface area (Å²) in [6, 6.07) is 12.2. The molecule has 2 aromatic carbocycles. The average Bonchev–Trinajstić information content (AvgIpc) is 3.38. The van der Waals surface area contributed by atoms with E-state index < -0.39 is 18.0 Å². The van der Waals surface area contributed by atoms with Crippen LogP contribution in [0.5, 0.6) is 0 Å². The Balaban J connectivity index is 1.42. The van der Waals surface area contributed by atoms with Crippen molar-refractivity contribution in [3.8, 4) is 11.1 Å². The van der Waals surface area contributed by atoms with Crippen molar-refractivity contribution in [3.63, 3.8) is 0 Å². The monoisotopic (exact) mass is 397 g/mol. The molecule has 8 nitrogen and oxygen atoms in total. The fourth-order valence-electron chi connectivity index (χ4n) is 3.18. The number of amides is 1. The molecular weight excluding hydrogens is 377 g/mol. The zero-order valence-electron chi connectivity index (χ0n) is 15.5. The molecule has 1 aliphatic heterocycles. The van der Waals surface area contributed by atoms with Gasteiger partial charge in [-0.05, 0) is 29.3 Å². The average molecular weight is 397 g/mol. The van der Waals surface area contributed by atoms with E-state index in [-0.39, 0.29) is 13.2 Å². The van der Waals surface area contributed by atoms with E-state index >= 15 is 0 Å². The number of hydrogen-bond acceptors (Lipinski definition) is 6. The number of anilines is 1. The molecule has 9 heteroatoms. The number of hydrogen-bond donors (Lipinski definition) is 3. The van der Waals surface area contributed by atoms with Gasteiger partial charge < -0.3 is 15.2 Å². The van der Waals surface area contributed by atoms with E-state index in [2.05, 4.69) is 20.7 Å². The molecular formula is C20H20FN5O3. The number of ether oxygens (including phenoxy) is 1. The summed E-state index contributed by atoms with van der Waals surface area (Å²) >= 11 is 0. The van der Waals surface area contributed by atoms with Gasteiger partial charge in [0.15, 0.2) is 0 Å². The van der Waals surface area contributed by atoms with Crippen molar-refractivity contribution in [1.82, 2.24) is 20.7 Å². The molecule has 2 heterocycles. The lowest BCUT2D eigenvalue weighted by molar-refractivity contribution is 0.0963. The maximum atomic E-state index is 14.7. The summed E-state index contributed by atoms with van der Waals surface area (Å²) in [7, 11) is 0. The summed E-state index contributed by atoms with van der Waals surface area (Å²) in [6.07, 6.45) is 0.489. The number of halogens is 1. The Hall–Kier alpha value is -3.30. The van der Waals surface area contributed by atoms with Crippen molar-refractivity contribution in [3.05, 3.63) is 65.7 Å². The summed E-state index contributed by atoms with van der Waals surface area (Å²) in [6.45, 7) is 1.19. The van der Waals surface area contributed by atoms with E-state index in [1.807, 2.05) is 24.3 Å². The lowest BCUT2D eigenvalue weighted by atomic mass is 10.0. The predicted molar refractivity (Wildman–Crippen MR) is 103 cm³/mol. The number of benzene rings is 2. The first-order chi connectivity index (χ1) is 14.1. The van der Waals surface area contributed by atoms with Gasteiger partial charge in [0.25, 0.3) is 0 Å². The van der Waals surface area contributed by atoms with Gasteiger partial charge in [-0.2, -0.15) is 15.4 Å². The number of aromatic amines is 1. The van der Waals surface area contributed by atoms with Gasteiger partial charge >= 0.3 is 6.09 Å². The Morgan fingerprint density at radius 3 is 2.72 bits per heavy atom. The molecule has 0 bridgehead atoms. The van der Waals surface area contributed by atoms with E-state index in [0.29, 0.717) is 24.3 Å². The van der Waals surface area contributed by atoms with E-state index in [1.165, 1.54) is 11.0 Å². The van der Waals surface area contributed by atoms with Crippen molar-refractivity contribution in [2.45, 2.75) is 19.2 Å². The summed E-state index contributed by atoms with van der Waals surface area (Å²) in [5.41, 5.74) is 3.48. The number of cyclic esters (lactones) is 1. The molecule has 3 aromatic rings. The molecule has 1 aliphatic rings. The number of aromatic nitrogens is 3. The maximum absolute atomic E-state index is 14.7. The Kier molecular flexibility index (Phi) is 5.50. The highest BCUT2D eigenvalue weighted by atomic mass is 19.1. The third-order valence-electron chi connectivity index (χ3n) is 4.71. The predicted octanol–water partition coefficient (Wildman–Crippen LogP) is 2.22. The van der Waals surface area contributed by atoms with Crippen LogP contribution in [-0.2, 0) is 17.8 Å². The SMILES string of the molecule is O=C1O[C@@H](CO)CN1c1ccc(-c2ccc(CNCc3cn[nH]n3)cc2)c(F)c1. The van der Waals surface area contributed by atoms with Gasteiger partial charge in [-0.15, -0.1) is 0 Å². The molecule has 29 heavy (non-hydrogen) atoms. The number of rotatable bonds is 7. The summed E-state index contributed by atoms with van der Waals surface area (Å²) in [5, 5.41) is 22.7. The maximum Gasteiger partial charge on any atom is 0.414 e. The normalized spacial score (nSPS) is 16.3. The molecule has 1 atom stereocenters. The van der Waals surface area contributed by atoms with Crippen molar-refractivity contribution < 1.29 is 19.0 Å². The lowest BCUT2D eigenvalue weighted by Crippen LogP contribution is -2.25. The van der Waals surface area contributed by atoms with Gasteiger partial charge in [-0.25, -0.2) is 9.18 Å². The van der Waals surface area contributed by atoms with Crippen LogP contribution in [0.2, 0.25) is 0 Å². The van der Waals surface area contributed by atoms with Crippen LogP contribution in [-0.4, -0.2) is 45.9 Å². The molecule has 0 saturated carbocycles. The molecule has 0 spiro atoms. The van der Waals surface area contributed by atoms with Gasteiger partial charge in [-0.3, -0.25) is 4.90 Å². The van der Waals surface area contributed by atoms with Crippen LogP contribution in [0.4, 0.5) is 14.9 Å². The fraction of sp³-hybridized carbons (Fsp3) is 0.250. The number of aliphatic hydroxyl groups excluding tert-OH is 1. The summed E-state index contributed by atoms with van der Waals surface area (Å²) < 4.78 is 19.7. The molecule has 0 unspecified atom stereocenters. The zero-order valence-corrected chi connectivity index (χ0v) is 15.5. The van der Waals surface area contributed by atoms with Crippen LogP contribution in [0.3, 0.4) is 0 Å². The Morgan fingerprint density at radius 2 is 2.07 bits per heavy atom. The molecule has 0 radical (unpaired) electrons. The fourth-order valence-corrected chi connectivity index (χ4v) is 3.18. The molecule has 3 N–H and O–H groups in total. The lowest BCUT2D eigenvalue weighted by Gasteiger charge is -2.14. The van der Waals surface area contributed by atoms with Crippen LogP contribution in [0.15, 0.2) is 48.7 Å². The third kappa shape index (κ3) is 4.25. The molecule has 150 valence electrons. The second-order valence-electron chi connectivity index (χ2n) is 6.72. The van der Waals surface area contributed by atoms with Crippen molar-refractivity contribution in [2.24, 2.45) is 0 Å². The second-order valence-corrected chi connectivity index (χ2v) is 6.72. The highest BCUT2D eigenvalue weighted by Gasteiger charge is 2.32. The number of nitrogens with one attached hydrogen (secondary N) is 2. The number of H-pyrrole nitrogens is 1. The topological polar surface area (TPSA) is 103 Å². The Morgan fingerprint density at radius 1 is 1.24 bits per heavy atom. The van der Waals surface area contributed by atoms with Crippen molar-refractivity contribution in [1.29, 1.82) is 0 Å². The molecule has 4 rings (SSSR count). The highest BCUT2D eigenvalue weighted by molar-refractivity contribution is 5.90. The van der Waals surface area contributed by atoms with Gasteiger partial charge in [0, 0.05) is 18.7 Å². The first-order valence-corrected chi connectivity index (χ1v) is 9.17. The molecule has 1 saturated heterocycles. The van der Waals surface area contributed by atoms with Gasteiger partial charge in [0.05, 0.1) is 30.7 Å². The molecule has 1 amide bonds. The van der Waals surface area contributed by atoms with E-state index in [9.17, 15) is 9.18 Å². The highest BCUT2D eigenvalue weighted by Crippen LogP contribution is 2.29. The smallest absolute Gasteiger partial charge is 0.414 e. The summed E-state index contributed by atoms with van der Waals surface area (Å²) in [4.78, 5) is 13.2. The van der Waals surface area contributed by atoms with Crippen LogP contribution in [0.25, 0.3) is 11.1 Å². The number of carbonyl (C=O) groups excluding carboxylic acids is 1. The van der Waals surface area contributed by atoms with Crippen molar-refractivity contribution >= 4 is 11.8 Å². The largest absolute Gasteiger partial charge is 0.441 e. The molecule has 1 fully saturated rings. The van der Waals surface area contributed by atoms with Gasteiger partial charge in [0.1, 0.15) is 11.9 Å². The van der Waals surface area contributed by atoms with Crippen LogP contribution in [0, 0.1) is 5.82 Å². The second kappa shape index (κ2) is 8.38. The third-order valence-corrected chi connectivity index (χ3v) is 4.71. The van der Waals surface area contributed by atoms with E-state index in [1.54, 1.807) is 18.3 Å². The number of aliphatic hydroxyl groups is 1. The minimum absolute atomic E-state index is 0.199. The Bertz CT molecular complexity index is 978. The first-order valence-electron chi connectivity index (χ1n) is 9.17. The Labute approximate surface area is 166 Å². The molecule has 1 aromatic heterocycles. The molecule has 0 aliphatic carbocycles. The van der Waals surface area contributed by atoms with Crippen LogP contribution >= 0.6 is 0 Å². The summed E-state index contributed by atoms with van der Waals surface area (Å²) in [5.74, 6) is -0.431. The van der Waals surface area contributed by atoms with E-state index in [0.717, 1.165) is 16.8 Å². The number of nitrogens with zero attached hydrogens (tertiary/aromatic N) is 3. The van der Waals surface area contributed by atoms with Crippen LogP contribution in [0.1, 0.15) is 11.3 Å². The van der Waals surface area contributed by atoms with E-state index in [4.69, 9.17) is 9.84 Å². The standard InChI is InChI=1S/C20H20FN5O3/c21-19-7-16(26-11-17(12-27)29-20(26)28)5-6-18(19)14-3-1-13(2-4-14)8-22-9-15-10-23-25-24-15/h1-7,10,17,22,27H,8-9,11-12H2,(H,23,24,25)/t17-/m1/s1. The van der Waals surface area contributed by atoms with Crippen LogP contribution < -0.4 is 10.2 Å². The van der Waals surface area contributed by atoms with Gasteiger partial charge in [0.2, 0.25) is 0 Å². The minimum Gasteiger partial charge on any atom is -0.441 e. The first kappa shape index (κ1) is 19.0. The van der Waals surface area contributed by atoms with Crippen molar-refractivity contribution in [2.75, 3.05) is 18.1 Å². The number of carbonyl (C=O) groups is 1. The minimum atomic E-state index is -0.587. The zero-order chi connectivity index (χ0) is 20.2. The quantitative estimate of drug-likeness (QED) is 0.565.